The summed E-state index contributed by atoms with van der Waals surface area (Å²) in [5, 5.41) is 9.44. The van der Waals surface area contributed by atoms with Gasteiger partial charge in [-0.25, -0.2) is 13.8 Å². The van der Waals surface area contributed by atoms with Gasteiger partial charge in [0, 0.05) is 24.9 Å². The van der Waals surface area contributed by atoms with E-state index in [1.807, 2.05) is 4.90 Å². The molecule has 2 aromatic carbocycles. The zero-order valence-corrected chi connectivity index (χ0v) is 16.6. The summed E-state index contributed by atoms with van der Waals surface area (Å²) < 4.78 is 28.7. The Morgan fingerprint density at radius 3 is 2.66 bits per heavy atom. The molecule has 0 saturated carbocycles. The monoisotopic (exact) mass is 398 g/mol. The first-order valence-corrected chi connectivity index (χ1v) is 9.56. The first-order chi connectivity index (χ1) is 13.8. The summed E-state index contributed by atoms with van der Waals surface area (Å²) in [6, 6.07) is 7.86. The second-order valence-corrected chi connectivity index (χ2v) is 7.32. The molecular weight excluding hydrogens is 374 g/mol. The van der Waals surface area contributed by atoms with Crippen LogP contribution in [0.1, 0.15) is 29.5 Å². The molecular formula is C23H24F2N2O2. The van der Waals surface area contributed by atoms with Crippen molar-refractivity contribution in [3.8, 4) is 11.1 Å². The summed E-state index contributed by atoms with van der Waals surface area (Å²) in [5.74, 6) is -1.67. The van der Waals surface area contributed by atoms with Crippen LogP contribution in [-0.2, 0) is 4.79 Å². The molecule has 6 heteroatoms. The van der Waals surface area contributed by atoms with Gasteiger partial charge < -0.3 is 10.0 Å². The van der Waals surface area contributed by atoms with Gasteiger partial charge >= 0.3 is 5.97 Å². The number of benzene rings is 2. The number of nitrogens with zero attached hydrogens (tertiary/aromatic N) is 2. The quantitative estimate of drug-likeness (QED) is 0.587. The van der Waals surface area contributed by atoms with Crippen LogP contribution >= 0.6 is 0 Å². The molecule has 1 aliphatic rings. The number of carboxylic acid groups (broad SMARTS) is 1. The van der Waals surface area contributed by atoms with Crippen molar-refractivity contribution in [1.29, 1.82) is 0 Å². The van der Waals surface area contributed by atoms with Crippen LogP contribution in [0, 0.1) is 31.4 Å². The maximum absolute atomic E-state index is 14.5. The van der Waals surface area contributed by atoms with E-state index in [1.54, 1.807) is 32.0 Å². The molecule has 29 heavy (non-hydrogen) atoms. The highest BCUT2D eigenvalue weighted by molar-refractivity contribution is 6.06. The van der Waals surface area contributed by atoms with E-state index >= 15 is 0 Å². The largest absolute Gasteiger partial charge is 0.481 e. The fraction of sp³-hybridized carbons (Fsp3) is 0.304. The van der Waals surface area contributed by atoms with E-state index in [0.29, 0.717) is 53.0 Å². The van der Waals surface area contributed by atoms with Gasteiger partial charge in [0.05, 0.1) is 5.92 Å². The van der Waals surface area contributed by atoms with E-state index in [1.165, 1.54) is 18.3 Å². The van der Waals surface area contributed by atoms with Crippen molar-refractivity contribution in [3.05, 3.63) is 71.4 Å². The number of likely N-dealkylation sites (tertiary alicyclic amines) is 1. The van der Waals surface area contributed by atoms with Crippen molar-refractivity contribution >= 4 is 11.8 Å². The fourth-order valence-corrected chi connectivity index (χ4v) is 3.74. The standard InChI is InChI=1S/C23H24F2N2O2/c1-4-26-22(27-11-5-6-17(13-27)23(28)29)21-15(3)19(24)10-9-18(21)16-8-7-14(2)20(25)12-16/h4,7-10,12,17H,1,5-6,11,13H2,2-3H3,(H,28,29). The van der Waals surface area contributed by atoms with Crippen molar-refractivity contribution in [2.24, 2.45) is 10.9 Å². The first-order valence-electron chi connectivity index (χ1n) is 9.56. The number of halogens is 2. The van der Waals surface area contributed by atoms with Crippen LogP contribution in [0.25, 0.3) is 11.1 Å². The van der Waals surface area contributed by atoms with Crippen molar-refractivity contribution in [2.75, 3.05) is 13.1 Å². The van der Waals surface area contributed by atoms with Crippen molar-refractivity contribution in [3.63, 3.8) is 0 Å². The minimum atomic E-state index is -0.857. The zero-order chi connectivity index (χ0) is 21.1. The number of amidine groups is 1. The third-order valence-corrected chi connectivity index (χ3v) is 5.39. The molecule has 0 bridgehead atoms. The van der Waals surface area contributed by atoms with Gasteiger partial charge in [-0.3, -0.25) is 4.79 Å². The second-order valence-electron chi connectivity index (χ2n) is 7.32. The lowest BCUT2D eigenvalue weighted by Gasteiger charge is -2.34. The normalized spacial score (nSPS) is 17.3. The highest BCUT2D eigenvalue weighted by atomic mass is 19.1. The second kappa shape index (κ2) is 8.55. The fourth-order valence-electron chi connectivity index (χ4n) is 3.74. The topological polar surface area (TPSA) is 52.9 Å². The molecule has 1 saturated heterocycles. The first kappa shape index (κ1) is 20.7. The maximum atomic E-state index is 14.5. The van der Waals surface area contributed by atoms with E-state index in [9.17, 15) is 18.7 Å². The number of carboxylic acids is 1. The van der Waals surface area contributed by atoms with Gasteiger partial charge in [0.1, 0.15) is 17.5 Å². The van der Waals surface area contributed by atoms with Crippen LogP contribution in [0.4, 0.5) is 8.78 Å². The Morgan fingerprint density at radius 2 is 2.00 bits per heavy atom. The highest BCUT2D eigenvalue weighted by Gasteiger charge is 2.29. The smallest absolute Gasteiger partial charge is 0.308 e. The summed E-state index contributed by atoms with van der Waals surface area (Å²) >= 11 is 0. The lowest BCUT2D eigenvalue weighted by molar-refractivity contribution is -0.143. The van der Waals surface area contributed by atoms with Gasteiger partial charge in [-0.2, -0.15) is 0 Å². The minimum absolute atomic E-state index is 0.277. The van der Waals surface area contributed by atoms with E-state index in [0.717, 1.165) is 0 Å². The van der Waals surface area contributed by atoms with Crippen LogP contribution in [0.5, 0.6) is 0 Å². The van der Waals surface area contributed by atoms with Gasteiger partial charge in [-0.1, -0.05) is 24.8 Å². The Hall–Kier alpha value is -3.02. The minimum Gasteiger partial charge on any atom is -0.481 e. The molecule has 1 aliphatic heterocycles. The van der Waals surface area contributed by atoms with Gasteiger partial charge in [0.25, 0.3) is 0 Å². The molecule has 1 unspecified atom stereocenters. The molecule has 0 spiro atoms. The summed E-state index contributed by atoms with van der Waals surface area (Å²) in [7, 11) is 0. The Kier molecular flexibility index (Phi) is 6.11. The SMILES string of the molecule is C=CN=C(c1c(-c2ccc(C)c(F)c2)ccc(F)c1C)N1CCCC(C(=O)O)C1. The Morgan fingerprint density at radius 1 is 1.24 bits per heavy atom. The van der Waals surface area contributed by atoms with Crippen LogP contribution in [0.2, 0.25) is 0 Å². The Bertz CT molecular complexity index is 985. The summed E-state index contributed by atoms with van der Waals surface area (Å²) in [4.78, 5) is 17.8. The van der Waals surface area contributed by atoms with Crippen LogP contribution < -0.4 is 0 Å². The van der Waals surface area contributed by atoms with Crippen LogP contribution in [-0.4, -0.2) is 34.9 Å². The molecule has 1 N–H and O–H groups in total. The van der Waals surface area contributed by atoms with E-state index in [2.05, 4.69) is 11.6 Å². The molecule has 1 heterocycles. The van der Waals surface area contributed by atoms with Crippen LogP contribution in [0.15, 0.2) is 48.1 Å². The van der Waals surface area contributed by atoms with E-state index < -0.39 is 17.7 Å². The summed E-state index contributed by atoms with van der Waals surface area (Å²) in [6.45, 7) is 7.88. The van der Waals surface area contributed by atoms with Gasteiger partial charge in [0.15, 0.2) is 0 Å². The highest BCUT2D eigenvalue weighted by Crippen LogP contribution is 2.32. The number of aliphatic carboxylic acids is 1. The zero-order valence-electron chi connectivity index (χ0n) is 16.6. The van der Waals surface area contributed by atoms with Crippen molar-refractivity contribution in [2.45, 2.75) is 26.7 Å². The van der Waals surface area contributed by atoms with Crippen molar-refractivity contribution < 1.29 is 18.7 Å². The third-order valence-electron chi connectivity index (χ3n) is 5.39. The number of rotatable bonds is 4. The molecule has 0 aromatic heterocycles. The molecule has 0 aliphatic carbocycles. The molecule has 4 nitrogen and oxygen atoms in total. The molecule has 0 radical (unpaired) electrons. The van der Waals surface area contributed by atoms with Gasteiger partial charge in [-0.05, 0) is 61.1 Å². The van der Waals surface area contributed by atoms with E-state index in [-0.39, 0.29) is 12.4 Å². The lowest BCUT2D eigenvalue weighted by atomic mass is 9.91. The molecule has 2 aromatic rings. The number of hydrogen-bond acceptors (Lipinski definition) is 2. The summed E-state index contributed by atoms with van der Waals surface area (Å²) in [5.41, 5.74) is 2.67. The van der Waals surface area contributed by atoms with Crippen molar-refractivity contribution in [1.82, 2.24) is 4.90 Å². The molecule has 3 rings (SSSR count). The number of piperidine rings is 1. The number of aliphatic imine (C=N–C) groups is 1. The number of carbonyl (C=O) groups is 1. The summed E-state index contributed by atoms with van der Waals surface area (Å²) in [6.07, 6.45) is 2.64. The molecule has 1 fully saturated rings. The molecule has 152 valence electrons. The number of aryl methyl sites for hydroxylation is 1. The lowest BCUT2D eigenvalue weighted by Crippen LogP contribution is -2.43. The van der Waals surface area contributed by atoms with Crippen LogP contribution in [0.3, 0.4) is 0 Å². The third kappa shape index (κ3) is 4.21. The van der Waals surface area contributed by atoms with Gasteiger partial charge in [-0.15, -0.1) is 0 Å². The average molecular weight is 398 g/mol. The molecule has 1 atom stereocenters. The average Bonchev–Trinajstić information content (AvgIpc) is 2.71. The Balaban J connectivity index is 2.17. The maximum Gasteiger partial charge on any atom is 0.308 e. The number of hydrogen-bond donors (Lipinski definition) is 1. The Labute approximate surface area is 169 Å². The predicted octanol–water partition coefficient (Wildman–Crippen LogP) is 4.94. The van der Waals surface area contributed by atoms with Gasteiger partial charge in [0.2, 0.25) is 0 Å². The predicted molar refractivity (Wildman–Crippen MR) is 110 cm³/mol. The molecule has 0 amide bonds. The van der Waals surface area contributed by atoms with E-state index in [4.69, 9.17) is 0 Å².